The molecule has 30 heavy (non-hydrogen) atoms. The van der Waals surface area contributed by atoms with E-state index in [2.05, 4.69) is 6.92 Å². The highest BCUT2D eigenvalue weighted by Gasteiger charge is 2.17. The summed E-state index contributed by atoms with van der Waals surface area (Å²) in [6, 6.07) is 11.8. The van der Waals surface area contributed by atoms with E-state index in [0.717, 1.165) is 47.9 Å². The van der Waals surface area contributed by atoms with Gasteiger partial charge in [0, 0.05) is 13.8 Å². The first-order chi connectivity index (χ1) is 14.4. The van der Waals surface area contributed by atoms with E-state index in [4.69, 9.17) is 18.9 Å². The van der Waals surface area contributed by atoms with E-state index >= 15 is 0 Å². The number of ether oxygens (including phenoxy) is 4. The molecule has 0 aliphatic carbocycles. The number of carbonyl (C=O) groups is 2. The number of esters is 2. The fourth-order valence-corrected chi connectivity index (χ4v) is 3.03. The second-order valence-electron chi connectivity index (χ2n) is 7.09. The molecule has 2 aromatic rings. The molecule has 0 amide bonds. The van der Waals surface area contributed by atoms with E-state index in [0.29, 0.717) is 11.5 Å². The van der Waals surface area contributed by atoms with Gasteiger partial charge >= 0.3 is 11.9 Å². The molecule has 0 bridgehead atoms. The lowest BCUT2D eigenvalue weighted by Crippen LogP contribution is -2.10. The van der Waals surface area contributed by atoms with Crippen LogP contribution >= 0.6 is 0 Å². The quantitative estimate of drug-likeness (QED) is 0.286. The smallest absolute Gasteiger partial charge is 0.305 e. The number of carbonyl (C=O) groups excluding carboxylic acids is 2. The van der Waals surface area contributed by atoms with E-state index in [-0.39, 0.29) is 13.6 Å². The molecule has 6 heteroatoms. The fraction of sp³-hybridized carbons (Fsp3) is 0.417. The van der Waals surface area contributed by atoms with Gasteiger partial charge in [0.2, 0.25) is 13.6 Å². The van der Waals surface area contributed by atoms with Crippen molar-refractivity contribution in [3.05, 3.63) is 47.5 Å². The molecular formula is C24H30O6. The second-order valence-corrected chi connectivity index (χ2v) is 7.09. The molecule has 0 aliphatic heterocycles. The summed E-state index contributed by atoms with van der Waals surface area (Å²) in [6.07, 6.45) is 4.13. The Kier molecular flexibility index (Phi) is 9.19. The lowest BCUT2D eigenvalue weighted by Gasteiger charge is -2.19. The highest BCUT2D eigenvalue weighted by molar-refractivity contribution is 5.78. The summed E-state index contributed by atoms with van der Waals surface area (Å²) in [4.78, 5) is 22.3. The zero-order chi connectivity index (χ0) is 21.9. The van der Waals surface area contributed by atoms with Crippen molar-refractivity contribution < 1.29 is 28.5 Å². The second kappa shape index (κ2) is 11.9. The van der Waals surface area contributed by atoms with Gasteiger partial charge in [-0.1, -0.05) is 49.6 Å². The van der Waals surface area contributed by atoms with Gasteiger partial charge in [-0.05, 0) is 43.0 Å². The number of rotatable bonds is 11. The normalized spacial score (nSPS) is 10.4. The molecule has 0 aromatic heterocycles. The first kappa shape index (κ1) is 23.3. The van der Waals surface area contributed by atoms with Crippen molar-refractivity contribution in [3.63, 3.8) is 0 Å². The Morgan fingerprint density at radius 1 is 0.867 bits per heavy atom. The third-order valence-corrected chi connectivity index (χ3v) is 4.45. The molecule has 0 fully saturated rings. The first-order valence-electron chi connectivity index (χ1n) is 10.2. The minimum atomic E-state index is -0.419. The van der Waals surface area contributed by atoms with Crippen LogP contribution in [-0.4, -0.2) is 25.5 Å². The van der Waals surface area contributed by atoms with Crippen LogP contribution in [0.15, 0.2) is 36.4 Å². The molecule has 0 saturated carbocycles. The predicted molar refractivity (Wildman–Crippen MR) is 114 cm³/mol. The zero-order valence-corrected chi connectivity index (χ0v) is 18.2. The summed E-state index contributed by atoms with van der Waals surface area (Å²) in [6.45, 7) is 6.43. The summed E-state index contributed by atoms with van der Waals surface area (Å²) in [5, 5.41) is 0. The van der Waals surface area contributed by atoms with E-state index in [9.17, 15) is 9.59 Å². The SMILES string of the molecule is CCCCCc1cc(OCOC(C)=O)c(-c2cccc(C)c2)c(OCOC(C)=O)c1. The Morgan fingerprint density at radius 3 is 1.97 bits per heavy atom. The summed E-state index contributed by atoms with van der Waals surface area (Å²) in [5.74, 6) is 0.262. The van der Waals surface area contributed by atoms with Crippen LogP contribution in [-0.2, 0) is 25.5 Å². The molecule has 0 unspecified atom stereocenters. The molecule has 0 aliphatic rings. The largest absolute Gasteiger partial charge is 0.457 e. The maximum Gasteiger partial charge on any atom is 0.305 e. The Bertz CT molecular complexity index is 818. The van der Waals surface area contributed by atoms with Crippen molar-refractivity contribution in [1.29, 1.82) is 0 Å². The average Bonchev–Trinajstić information content (AvgIpc) is 2.67. The van der Waals surface area contributed by atoms with E-state index in [1.807, 2.05) is 43.3 Å². The maximum atomic E-state index is 11.2. The van der Waals surface area contributed by atoms with Gasteiger partial charge in [-0.2, -0.15) is 0 Å². The van der Waals surface area contributed by atoms with Gasteiger partial charge in [0.25, 0.3) is 0 Å². The molecule has 0 heterocycles. The number of benzene rings is 2. The monoisotopic (exact) mass is 414 g/mol. The topological polar surface area (TPSA) is 71.1 Å². The molecule has 2 aromatic carbocycles. The Balaban J connectivity index is 2.46. The van der Waals surface area contributed by atoms with Crippen LogP contribution in [0.5, 0.6) is 11.5 Å². The van der Waals surface area contributed by atoms with Gasteiger partial charge < -0.3 is 18.9 Å². The van der Waals surface area contributed by atoms with Gasteiger partial charge in [0.05, 0.1) is 5.56 Å². The van der Waals surface area contributed by atoms with Crippen LogP contribution < -0.4 is 9.47 Å². The number of aryl methyl sites for hydroxylation is 2. The molecule has 0 N–H and O–H groups in total. The van der Waals surface area contributed by atoms with Crippen molar-refractivity contribution in [2.45, 2.75) is 53.4 Å². The van der Waals surface area contributed by atoms with Gasteiger partial charge in [-0.15, -0.1) is 0 Å². The van der Waals surface area contributed by atoms with Crippen molar-refractivity contribution in [1.82, 2.24) is 0 Å². The molecule has 0 spiro atoms. The fourth-order valence-electron chi connectivity index (χ4n) is 3.03. The lowest BCUT2D eigenvalue weighted by molar-refractivity contribution is -0.148. The molecule has 0 atom stereocenters. The third-order valence-electron chi connectivity index (χ3n) is 4.45. The molecule has 2 rings (SSSR count). The summed E-state index contributed by atoms with van der Waals surface area (Å²) < 4.78 is 21.6. The van der Waals surface area contributed by atoms with Crippen molar-refractivity contribution in [2.24, 2.45) is 0 Å². The van der Waals surface area contributed by atoms with Crippen LogP contribution in [0.2, 0.25) is 0 Å². The van der Waals surface area contributed by atoms with Crippen LogP contribution in [0.25, 0.3) is 11.1 Å². The summed E-state index contributed by atoms with van der Waals surface area (Å²) in [5.41, 5.74) is 3.73. The highest BCUT2D eigenvalue weighted by Crippen LogP contribution is 2.40. The van der Waals surface area contributed by atoms with Crippen LogP contribution in [0.4, 0.5) is 0 Å². The van der Waals surface area contributed by atoms with E-state index < -0.39 is 11.9 Å². The number of unbranched alkanes of at least 4 members (excludes halogenated alkanes) is 2. The maximum absolute atomic E-state index is 11.2. The predicted octanol–water partition coefficient (Wildman–Crippen LogP) is 5.19. The van der Waals surface area contributed by atoms with Gasteiger partial charge in [0.1, 0.15) is 11.5 Å². The Morgan fingerprint density at radius 2 is 1.47 bits per heavy atom. The molecule has 162 valence electrons. The molecule has 6 nitrogen and oxygen atoms in total. The molecular weight excluding hydrogens is 384 g/mol. The average molecular weight is 414 g/mol. The highest BCUT2D eigenvalue weighted by atomic mass is 16.7. The van der Waals surface area contributed by atoms with E-state index in [1.54, 1.807) is 0 Å². The van der Waals surface area contributed by atoms with Crippen molar-refractivity contribution in [3.8, 4) is 22.6 Å². The Labute approximate surface area is 178 Å². The number of hydrogen-bond donors (Lipinski definition) is 0. The molecule has 0 saturated heterocycles. The zero-order valence-electron chi connectivity index (χ0n) is 18.2. The summed E-state index contributed by atoms with van der Waals surface area (Å²) >= 11 is 0. The molecule has 0 radical (unpaired) electrons. The summed E-state index contributed by atoms with van der Waals surface area (Å²) in [7, 11) is 0. The van der Waals surface area contributed by atoms with Gasteiger partial charge in [-0.3, -0.25) is 9.59 Å². The standard InChI is InChI=1S/C24H30O6/c1-5-6-7-10-20-13-22(29-15-27-18(3)25)24(21-11-8-9-17(2)12-21)23(14-20)30-16-28-19(4)26/h8-9,11-14H,5-7,10,15-16H2,1-4H3. The van der Waals surface area contributed by atoms with Crippen molar-refractivity contribution in [2.75, 3.05) is 13.6 Å². The van der Waals surface area contributed by atoms with Crippen molar-refractivity contribution >= 4 is 11.9 Å². The Hall–Kier alpha value is -3.02. The van der Waals surface area contributed by atoms with E-state index in [1.165, 1.54) is 13.8 Å². The first-order valence-corrected chi connectivity index (χ1v) is 10.2. The van der Waals surface area contributed by atoms with Crippen LogP contribution in [0, 0.1) is 6.92 Å². The minimum Gasteiger partial charge on any atom is -0.457 e. The van der Waals surface area contributed by atoms with Gasteiger partial charge in [-0.25, -0.2) is 0 Å². The minimum absolute atomic E-state index is 0.198. The third kappa shape index (κ3) is 7.43. The lowest BCUT2D eigenvalue weighted by atomic mass is 9.97. The van der Waals surface area contributed by atoms with Crippen LogP contribution in [0.1, 0.15) is 51.2 Å². The van der Waals surface area contributed by atoms with Gasteiger partial charge in [0.15, 0.2) is 0 Å². The number of hydrogen-bond acceptors (Lipinski definition) is 6. The van der Waals surface area contributed by atoms with Crippen LogP contribution in [0.3, 0.4) is 0 Å².